The van der Waals surface area contributed by atoms with Gasteiger partial charge >= 0.3 is 0 Å². The Kier molecular flexibility index (Phi) is 4.05. The SMILES string of the molecule is N#Cc1ccc(C(c2ccc(C#N)cc2)c2cnc(O)s2)cc1. The zero-order valence-corrected chi connectivity index (χ0v) is 12.8. The molecular formula is C18H11N3OS. The molecule has 0 saturated carbocycles. The van der Waals surface area contributed by atoms with E-state index in [0.29, 0.717) is 11.1 Å². The second-order valence-corrected chi connectivity index (χ2v) is 5.99. The quantitative estimate of drug-likeness (QED) is 0.797. The molecule has 1 heterocycles. The van der Waals surface area contributed by atoms with E-state index in [9.17, 15) is 5.11 Å². The van der Waals surface area contributed by atoms with Gasteiger partial charge in [0.2, 0.25) is 0 Å². The van der Waals surface area contributed by atoms with E-state index in [0.717, 1.165) is 16.0 Å². The molecule has 5 heteroatoms. The first-order valence-electron chi connectivity index (χ1n) is 6.86. The van der Waals surface area contributed by atoms with Crippen LogP contribution < -0.4 is 0 Å². The van der Waals surface area contributed by atoms with Gasteiger partial charge in [-0.15, -0.1) is 0 Å². The van der Waals surface area contributed by atoms with Crippen LogP contribution in [-0.4, -0.2) is 10.1 Å². The van der Waals surface area contributed by atoms with Crippen molar-refractivity contribution >= 4 is 11.3 Å². The van der Waals surface area contributed by atoms with Gasteiger partial charge in [-0.2, -0.15) is 10.5 Å². The van der Waals surface area contributed by atoms with Gasteiger partial charge in [-0.3, -0.25) is 0 Å². The van der Waals surface area contributed by atoms with E-state index >= 15 is 0 Å². The summed E-state index contributed by atoms with van der Waals surface area (Å²) in [5, 5.41) is 27.5. The van der Waals surface area contributed by atoms with Crippen molar-refractivity contribution < 1.29 is 5.11 Å². The number of benzene rings is 2. The largest absolute Gasteiger partial charge is 0.486 e. The molecule has 0 amide bonds. The van der Waals surface area contributed by atoms with E-state index < -0.39 is 0 Å². The number of nitrogens with zero attached hydrogens (tertiary/aromatic N) is 3. The molecule has 23 heavy (non-hydrogen) atoms. The highest BCUT2D eigenvalue weighted by atomic mass is 32.1. The summed E-state index contributed by atoms with van der Waals surface area (Å²) in [6.45, 7) is 0. The first-order chi connectivity index (χ1) is 11.2. The molecule has 0 bridgehead atoms. The molecule has 0 saturated heterocycles. The van der Waals surface area contributed by atoms with Gasteiger partial charge < -0.3 is 5.11 Å². The predicted molar refractivity (Wildman–Crippen MR) is 87.0 cm³/mol. The lowest BCUT2D eigenvalue weighted by atomic mass is 9.89. The molecule has 0 aliphatic carbocycles. The Labute approximate surface area is 137 Å². The van der Waals surface area contributed by atoms with Crippen molar-refractivity contribution in [2.24, 2.45) is 0 Å². The summed E-state index contributed by atoms with van der Waals surface area (Å²) in [7, 11) is 0. The molecule has 0 radical (unpaired) electrons. The minimum Gasteiger partial charge on any atom is -0.486 e. The topological polar surface area (TPSA) is 80.7 Å². The number of thiazole rings is 1. The van der Waals surface area contributed by atoms with Crippen LogP contribution >= 0.6 is 11.3 Å². The number of hydrogen-bond acceptors (Lipinski definition) is 5. The molecule has 0 aliphatic heterocycles. The molecule has 1 N–H and O–H groups in total. The second kappa shape index (κ2) is 6.31. The maximum atomic E-state index is 9.58. The zero-order valence-electron chi connectivity index (χ0n) is 12.0. The fourth-order valence-corrected chi connectivity index (χ4v) is 3.24. The summed E-state index contributed by atoms with van der Waals surface area (Å²) in [5.74, 6) is -0.103. The van der Waals surface area contributed by atoms with Gasteiger partial charge in [-0.25, -0.2) is 4.98 Å². The Hall–Kier alpha value is -3.15. The molecule has 0 aliphatic rings. The summed E-state index contributed by atoms with van der Waals surface area (Å²) >= 11 is 1.22. The average Bonchev–Trinajstić information content (AvgIpc) is 3.02. The third-order valence-electron chi connectivity index (χ3n) is 3.54. The van der Waals surface area contributed by atoms with Crippen LogP contribution in [0.1, 0.15) is 33.0 Å². The van der Waals surface area contributed by atoms with Crippen molar-refractivity contribution in [3.8, 4) is 17.3 Å². The van der Waals surface area contributed by atoms with Crippen molar-refractivity contribution in [3.63, 3.8) is 0 Å². The Morgan fingerprint density at radius 2 is 1.35 bits per heavy atom. The third kappa shape index (κ3) is 3.06. The maximum absolute atomic E-state index is 9.58. The molecular weight excluding hydrogens is 306 g/mol. The highest BCUT2D eigenvalue weighted by Crippen LogP contribution is 2.36. The van der Waals surface area contributed by atoms with Gasteiger partial charge in [0.05, 0.1) is 23.3 Å². The van der Waals surface area contributed by atoms with E-state index in [2.05, 4.69) is 17.1 Å². The van der Waals surface area contributed by atoms with Crippen LogP contribution in [0.3, 0.4) is 0 Å². The van der Waals surface area contributed by atoms with Crippen LogP contribution in [-0.2, 0) is 0 Å². The third-order valence-corrected chi connectivity index (χ3v) is 4.41. The van der Waals surface area contributed by atoms with Crippen molar-refractivity contribution in [1.29, 1.82) is 10.5 Å². The normalized spacial score (nSPS) is 10.2. The molecule has 1 aromatic heterocycles. The fraction of sp³-hybridized carbons (Fsp3) is 0.0556. The lowest BCUT2D eigenvalue weighted by Crippen LogP contribution is -2.01. The smallest absolute Gasteiger partial charge is 0.270 e. The Balaban J connectivity index is 2.09. The minimum atomic E-state index is -0.103. The minimum absolute atomic E-state index is 0.0206. The van der Waals surface area contributed by atoms with Crippen LogP contribution in [0.4, 0.5) is 0 Å². The van der Waals surface area contributed by atoms with Crippen molar-refractivity contribution in [3.05, 3.63) is 81.9 Å². The van der Waals surface area contributed by atoms with Gasteiger partial charge in [0, 0.05) is 17.0 Å². The van der Waals surface area contributed by atoms with Crippen LogP contribution in [0.15, 0.2) is 54.7 Å². The van der Waals surface area contributed by atoms with Crippen molar-refractivity contribution in [1.82, 2.24) is 4.98 Å². The number of nitriles is 2. The van der Waals surface area contributed by atoms with E-state index in [1.165, 1.54) is 11.3 Å². The Bertz CT molecular complexity index is 842. The van der Waals surface area contributed by atoms with Gasteiger partial charge in [0.1, 0.15) is 0 Å². The van der Waals surface area contributed by atoms with Crippen molar-refractivity contribution in [2.75, 3.05) is 0 Å². The van der Waals surface area contributed by atoms with Crippen LogP contribution in [0, 0.1) is 22.7 Å². The average molecular weight is 317 g/mol. The van der Waals surface area contributed by atoms with Crippen LogP contribution in [0.25, 0.3) is 0 Å². The zero-order chi connectivity index (χ0) is 16.2. The molecule has 3 rings (SSSR count). The van der Waals surface area contributed by atoms with Crippen LogP contribution in [0.5, 0.6) is 5.19 Å². The molecule has 3 aromatic rings. The molecule has 2 aromatic carbocycles. The van der Waals surface area contributed by atoms with E-state index in [1.807, 2.05) is 24.3 Å². The first-order valence-corrected chi connectivity index (χ1v) is 7.67. The van der Waals surface area contributed by atoms with E-state index in [1.54, 1.807) is 30.5 Å². The summed E-state index contributed by atoms with van der Waals surface area (Å²) in [6.07, 6.45) is 1.65. The summed E-state index contributed by atoms with van der Waals surface area (Å²) < 4.78 is 0. The lowest BCUT2D eigenvalue weighted by Gasteiger charge is -2.16. The van der Waals surface area contributed by atoms with Crippen LogP contribution in [0.2, 0.25) is 0 Å². The number of hydrogen-bond donors (Lipinski definition) is 1. The predicted octanol–water partition coefficient (Wildman–Crippen LogP) is 3.77. The van der Waals surface area contributed by atoms with Gasteiger partial charge in [-0.1, -0.05) is 35.6 Å². The number of rotatable bonds is 3. The molecule has 0 atom stereocenters. The first kappa shape index (κ1) is 14.8. The summed E-state index contributed by atoms with van der Waals surface area (Å²) in [6, 6.07) is 18.9. The maximum Gasteiger partial charge on any atom is 0.270 e. The standard InChI is InChI=1S/C18H11N3OS/c19-9-12-1-5-14(6-2-12)17(16-11-21-18(22)23-16)15-7-3-13(10-20)4-8-15/h1-8,11,17H,(H,21,22). The summed E-state index contributed by atoms with van der Waals surface area (Å²) in [4.78, 5) is 4.83. The molecule has 110 valence electrons. The van der Waals surface area contributed by atoms with Gasteiger partial charge in [0.15, 0.2) is 0 Å². The van der Waals surface area contributed by atoms with Gasteiger partial charge in [-0.05, 0) is 35.4 Å². The van der Waals surface area contributed by atoms with E-state index in [-0.39, 0.29) is 11.1 Å². The highest BCUT2D eigenvalue weighted by molar-refractivity contribution is 7.13. The molecule has 0 fully saturated rings. The Morgan fingerprint density at radius 3 is 1.70 bits per heavy atom. The molecule has 0 spiro atoms. The Morgan fingerprint density at radius 1 is 0.870 bits per heavy atom. The summed E-state index contributed by atoms with van der Waals surface area (Å²) in [5.41, 5.74) is 3.19. The van der Waals surface area contributed by atoms with Crippen molar-refractivity contribution in [2.45, 2.75) is 5.92 Å². The highest BCUT2D eigenvalue weighted by Gasteiger charge is 2.19. The lowest BCUT2D eigenvalue weighted by molar-refractivity contribution is 0.471. The number of aromatic nitrogens is 1. The van der Waals surface area contributed by atoms with Gasteiger partial charge in [0.25, 0.3) is 5.19 Å². The second-order valence-electron chi connectivity index (χ2n) is 4.95. The monoisotopic (exact) mass is 317 g/mol. The molecule has 0 unspecified atom stereocenters. The number of aromatic hydroxyl groups is 1. The van der Waals surface area contributed by atoms with E-state index in [4.69, 9.17) is 10.5 Å². The fourth-order valence-electron chi connectivity index (χ4n) is 2.43. The molecule has 4 nitrogen and oxygen atoms in total.